The lowest BCUT2D eigenvalue weighted by atomic mass is 9.98. The number of H-pyrrole nitrogens is 1. The number of hydrogen-bond donors (Lipinski definition) is 1. The van der Waals surface area contributed by atoms with Crippen LogP contribution in [0, 0.1) is 20.8 Å². The molecule has 0 bridgehead atoms. The molecule has 182 valence electrons. The summed E-state index contributed by atoms with van der Waals surface area (Å²) in [5.74, 6) is 1.08. The molecule has 0 amide bonds. The highest BCUT2D eigenvalue weighted by Crippen LogP contribution is 2.37. The summed E-state index contributed by atoms with van der Waals surface area (Å²) in [6.45, 7) is 10.4. The lowest BCUT2D eigenvalue weighted by Crippen LogP contribution is -2.31. The van der Waals surface area contributed by atoms with Crippen LogP contribution in [0.25, 0.3) is 27.8 Å². The van der Waals surface area contributed by atoms with Crippen molar-refractivity contribution >= 4 is 31.3 Å². The second kappa shape index (κ2) is 8.90. The Bertz CT molecular complexity index is 1590. The Morgan fingerprint density at radius 1 is 1.03 bits per heavy atom. The molecule has 1 aliphatic heterocycles. The van der Waals surface area contributed by atoms with Gasteiger partial charge in [-0.2, -0.15) is 5.10 Å². The van der Waals surface area contributed by atoms with E-state index in [2.05, 4.69) is 94.0 Å². The Balaban J connectivity index is 1.56. The largest absolute Gasteiger partial charge is 0.361 e. The van der Waals surface area contributed by atoms with Crippen molar-refractivity contribution in [1.82, 2.24) is 19.7 Å². The molecule has 6 rings (SSSR count). The maximum absolute atomic E-state index is 5.26. The maximum Gasteiger partial charge on any atom is 0.131 e. The zero-order chi connectivity index (χ0) is 25.0. The molecule has 0 spiro atoms. The number of aromatic nitrogens is 4. The summed E-state index contributed by atoms with van der Waals surface area (Å²) in [5, 5.41) is 7.68. The lowest BCUT2D eigenvalue weighted by Gasteiger charge is -2.29. The van der Waals surface area contributed by atoms with Gasteiger partial charge in [0, 0.05) is 53.9 Å². The average Bonchev–Trinajstić information content (AvgIpc) is 3.49. The van der Waals surface area contributed by atoms with Crippen LogP contribution >= 0.6 is 9.24 Å². The van der Waals surface area contributed by atoms with Crippen molar-refractivity contribution in [3.63, 3.8) is 0 Å². The number of hydrogen-bond acceptors (Lipinski definition) is 3. The number of fused-ring (bicyclic) bond motifs is 2. The number of rotatable bonds is 4. The van der Waals surface area contributed by atoms with Gasteiger partial charge in [-0.3, -0.25) is 0 Å². The third kappa shape index (κ3) is 3.65. The molecule has 1 N–H and O–H groups in total. The van der Waals surface area contributed by atoms with Crippen LogP contribution in [0.1, 0.15) is 40.4 Å². The summed E-state index contributed by atoms with van der Waals surface area (Å²) >= 11 is 0. The highest BCUT2D eigenvalue weighted by molar-refractivity contribution is 7.29. The van der Waals surface area contributed by atoms with Gasteiger partial charge in [-0.1, -0.05) is 37.3 Å². The molecule has 5 nitrogen and oxygen atoms in total. The van der Waals surface area contributed by atoms with Crippen LogP contribution in [0.5, 0.6) is 0 Å². The van der Waals surface area contributed by atoms with Crippen molar-refractivity contribution in [1.29, 1.82) is 0 Å². The zero-order valence-corrected chi connectivity index (χ0v) is 22.5. The van der Waals surface area contributed by atoms with E-state index in [1.165, 1.54) is 61.1 Å². The molecule has 0 saturated heterocycles. The van der Waals surface area contributed by atoms with Crippen LogP contribution in [0.4, 0.5) is 5.82 Å². The second-order valence-electron chi connectivity index (χ2n) is 9.90. The number of anilines is 1. The van der Waals surface area contributed by atoms with Crippen LogP contribution < -0.4 is 10.2 Å². The first kappa shape index (κ1) is 23.0. The highest BCUT2D eigenvalue weighted by Gasteiger charge is 2.29. The maximum atomic E-state index is 5.26. The third-order valence-electron chi connectivity index (χ3n) is 7.53. The molecule has 1 atom stereocenters. The fourth-order valence-corrected chi connectivity index (χ4v) is 6.13. The van der Waals surface area contributed by atoms with Crippen LogP contribution in [0.15, 0.2) is 54.9 Å². The van der Waals surface area contributed by atoms with E-state index in [4.69, 9.17) is 10.1 Å². The highest BCUT2D eigenvalue weighted by atomic mass is 31.0. The lowest BCUT2D eigenvalue weighted by molar-refractivity contribution is 0.703. The van der Waals surface area contributed by atoms with Crippen LogP contribution in [0.2, 0.25) is 0 Å². The minimum Gasteiger partial charge on any atom is -0.361 e. The topological polar surface area (TPSA) is 49.7 Å². The molecule has 36 heavy (non-hydrogen) atoms. The monoisotopic (exact) mass is 493 g/mol. The first-order valence-corrected chi connectivity index (χ1v) is 13.3. The normalized spacial score (nSPS) is 13.4. The Labute approximate surface area is 214 Å². The molecule has 0 saturated carbocycles. The van der Waals surface area contributed by atoms with Crippen molar-refractivity contribution in [2.24, 2.45) is 0 Å². The van der Waals surface area contributed by atoms with Crippen molar-refractivity contribution in [3.05, 3.63) is 88.4 Å². The van der Waals surface area contributed by atoms with Gasteiger partial charge in [0.1, 0.15) is 5.82 Å². The van der Waals surface area contributed by atoms with Gasteiger partial charge in [0.25, 0.3) is 0 Å². The van der Waals surface area contributed by atoms with E-state index in [1.807, 2.05) is 12.4 Å². The second-order valence-corrected chi connectivity index (χ2v) is 10.5. The summed E-state index contributed by atoms with van der Waals surface area (Å²) in [6.07, 6.45) is 5.94. The van der Waals surface area contributed by atoms with Gasteiger partial charge < -0.3 is 9.88 Å². The fourth-order valence-electron chi connectivity index (χ4n) is 5.65. The number of aryl methyl sites for hydroxylation is 4. The van der Waals surface area contributed by atoms with Crippen LogP contribution in [-0.4, -0.2) is 26.3 Å². The van der Waals surface area contributed by atoms with Gasteiger partial charge in [0.15, 0.2) is 0 Å². The van der Waals surface area contributed by atoms with E-state index in [0.717, 1.165) is 37.3 Å². The molecule has 0 fully saturated rings. The van der Waals surface area contributed by atoms with Gasteiger partial charge in [-0.15, -0.1) is 9.24 Å². The Kier molecular flexibility index (Phi) is 5.69. The van der Waals surface area contributed by atoms with Gasteiger partial charge in [0.05, 0.1) is 17.1 Å². The molecule has 6 heteroatoms. The predicted octanol–water partition coefficient (Wildman–Crippen LogP) is 5.97. The van der Waals surface area contributed by atoms with E-state index in [-0.39, 0.29) is 0 Å². The Hall–Kier alpha value is -3.43. The third-order valence-corrected chi connectivity index (χ3v) is 8.15. The molecular formula is C30H32N5P. The number of nitrogens with zero attached hydrogens (tertiary/aromatic N) is 4. The summed E-state index contributed by atoms with van der Waals surface area (Å²) in [7, 11) is 3.00. The van der Waals surface area contributed by atoms with Gasteiger partial charge in [-0.25, -0.2) is 9.67 Å². The van der Waals surface area contributed by atoms with E-state index < -0.39 is 0 Å². The van der Waals surface area contributed by atoms with Crippen LogP contribution in [-0.2, 0) is 19.4 Å². The van der Waals surface area contributed by atoms with Crippen molar-refractivity contribution in [2.75, 3.05) is 11.4 Å². The van der Waals surface area contributed by atoms with Crippen LogP contribution in [0.3, 0.4) is 0 Å². The molecule has 4 heterocycles. The molecule has 0 radical (unpaired) electrons. The van der Waals surface area contributed by atoms with Crippen molar-refractivity contribution in [2.45, 2.75) is 47.1 Å². The standard InChI is InChI=1S/C30H32N5P/c1-5-21-15-20(4)30(32-16-21)34-14-12-26-24(17-34)28(23-9-10-25-22(29(23)36)11-13-31-25)35(33-26)27-18(2)7-6-8-19(27)3/h6-11,13,15-16,31H,5,12,14,17,36H2,1-4H3. The summed E-state index contributed by atoms with van der Waals surface area (Å²) < 4.78 is 2.21. The number of nitrogens with one attached hydrogen (secondary N) is 1. The molecule has 2 aromatic carbocycles. The van der Waals surface area contributed by atoms with E-state index >= 15 is 0 Å². The summed E-state index contributed by atoms with van der Waals surface area (Å²) in [4.78, 5) is 10.7. The molecule has 1 aliphatic rings. The number of aromatic amines is 1. The van der Waals surface area contributed by atoms with E-state index in [1.54, 1.807) is 0 Å². The van der Waals surface area contributed by atoms with E-state index in [9.17, 15) is 0 Å². The molecule has 3 aromatic heterocycles. The van der Waals surface area contributed by atoms with Gasteiger partial charge in [-0.05, 0) is 66.9 Å². The minimum absolute atomic E-state index is 0.796. The molecule has 0 aliphatic carbocycles. The predicted molar refractivity (Wildman–Crippen MR) is 153 cm³/mol. The molecule has 1 unspecified atom stereocenters. The quantitative estimate of drug-likeness (QED) is 0.314. The van der Waals surface area contributed by atoms with Crippen molar-refractivity contribution in [3.8, 4) is 16.9 Å². The SMILES string of the molecule is CCc1cnc(N2CCc3nn(-c4c(C)cccc4C)c(-c4ccc5[nH]ccc5c4P)c3C2)c(C)c1. The zero-order valence-electron chi connectivity index (χ0n) is 21.4. The number of para-hydroxylation sites is 1. The molecule has 5 aromatic rings. The van der Waals surface area contributed by atoms with E-state index in [0.29, 0.717) is 0 Å². The smallest absolute Gasteiger partial charge is 0.131 e. The van der Waals surface area contributed by atoms with Gasteiger partial charge in [0.2, 0.25) is 0 Å². The summed E-state index contributed by atoms with van der Waals surface area (Å²) in [6, 6.07) is 15.3. The summed E-state index contributed by atoms with van der Waals surface area (Å²) in [5.41, 5.74) is 12.2. The molecular weight excluding hydrogens is 461 g/mol. The van der Waals surface area contributed by atoms with Gasteiger partial charge >= 0.3 is 0 Å². The Morgan fingerprint density at radius 3 is 2.58 bits per heavy atom. The first-order chi connectivity index (χ1) is 17.5. The first-order valence-electron chi connectivity index (χ1n) is 12.7. The average molecular weight is 494 g/mol. The fraction of sp³-hybridized carbons (Fsp3) is 0.267. The minimum atomic E-state index is 0.796. The number of pyridine rings is 1. The Morgan fingerprint density at radius 2 is 1.83 bits per heavy atom. The van der Waals surface area contributed by atoms with Crippen molar-refractivity contribution < 1.29 is 0 Å². The number of benzene rings is 2.